The van der Waals surface area contributed by atoms with Gasteiger partial charge in [-0.1, -0.05) is 30.3 Å². The fraction of sp³-hybridized carbons (Fsp3) is 0.235. The highest BCUT2D eigenvalue weighted by Gasteiger charge is 2.30. The van der Waals surface area contributed by atoms with Crippen molar-refractivity contribution in [2.24, 2.45) is 5.14 Å². The minimum atomic E-state index is -3.87. The maximum absolute atomic E-state index is 12.1. The van der Waals surface area contributed by atoms with Crippen molar-refractivity contribution in [1.29, 1.82) is 5.26 Å². The van der Waals surface area contributed by atoms with Crippen LogP contribution < -0.4 is 10.5 Å². The molecule has 1 aliphatic rings. The summed E-state index contributed by atoms with van der Waals surface area (Å²) in [6.07, 6.45) is 0.559. The molecule has 0 radical (unpaired) electrons. The smallest absolute Gasteiger partial charge is 0.277 e. The van der Waals surface area contributed by atoms with E-state index in [9.17, 15) is 8.42 Å². The number of nitrogens with one attached hydrogen (secondary N) is 1. The molecule has 2 aromatic rings. The third-order valence-electron chi connectivity index (χ3n) is 4.14. The molecule has 0 aliphatic carbocycles. The number of anilines is 1. The van der Waals surface area contributed by atoms with Gasteiger partial charge in [-0.25, -0.2) is 5.14 Å². The molecule has 1 aliphatic heterocycles. The van der Waals surface area contributed by atoms with Crippen molar-refractivity contribution < 1.29 is 8.42 Å². The van der Waals surface area contributed by atoms with Gasteiger partial charge in [-0.15, -0.1) is 0 Å². The van der Waals surface area contributed by atoms with Crippen molar-refractivity contribution in [2.45, 2.75) is 19.0 Å². The summed E-state index contributed by atoms with van der Waals surface area (Å²) >= 11 is 0. The van der Waals surface area contributed by atoms with Gasteiger partial charge in [0.15, 0.2) is 0 Å². The second-order valence-electron chi connectivity index (χ2n) is 5.80. The van der Waals surface area contributed by atoms with Gasteiger partial charge in [-0.2, -0.15) is 18.0 Å². The van der Waals surface area contributed by atoms with Crippen LogP contribution in [-0.4, -0.2) is 25.3 Å². The van der Waals surface area contributed by atoms with Gasteiger partial charge in [0, 0.05) is 24.8 Å². The summed E-state index contributed by atoms with van der Waals surface area (Å²) in [6.45, 7) is 0.596. The van der Waals surface area contributed by atoms with Gasteiger partial charge in [-0.3, -0.25) is 0 Å². The van der Waals surface area contributed by atoms with Gasteiger partial charge in [0.2, 0.25) is 0 Å². The van der Waals surface area contributed by atoms with E-state index < -0.39 is 10.2 Å². The van der Waals surface area contributed by atoms with Crippen molar-refractivity contribution in [1.82, 2.24) is 4.31 Å². The molecule has 0 saturated heterocycles. The third kappa shape index (κ3) is 3.57. The number of benzene rings is 2. The van der Waals surface area contributed by atoms with Crippen molar-refractivity contribution in [3.05, 3.63) is 65.2 Å². The molecular formula is C17H18N4O2S. The second-order valence-corrected chi connectivity index (χ2v) is 7.30. The third-order valence-corrected chi connectivity index (χ3v) is 5.22. The van der Waals surface area contributed by atoms with Gasteiger partial charge in [0.25, 0.3) is 10.2 Å². The fourth-order valence-electron chi connectivity index (χ4n) is 2.95. The van der Waals surface area contributed by atoms with E-state index in [1.165, 1.54) is 4.31 Å². The summed E-state index contributed by atoms with van der Waals surface area (Å²) in [7, 11) is -3.87. The Labute approximate surface area is 141 Å². The molecule has 0 amide bonds. The quantitative estimate of drug-likeness (QED) is 0.885. The van der Waals surface area contributed by atoms with Gasteiger partial charge in [-0.05, 0) is 35.7 Å². The van der Waals surface area contributed by atoms with E-state index in [-0.39, 0.29) is 12.6 Å². The van der Waals surface area contributed by atoms with E-state index >= 15 is 0 Å². The minimum Gasteiger partial charge on any atom is -0.383 e. The first-order valence-corrected chi connectivity index (χ1v) is 9.08. The Balaban J connectivity index is 1.95. The van der Waals surface area contributed by atoms with E-state index in [0.717, 1.165) is 16.8 Å². The number of nitrogens with two attached hydrogens (primary N) is 1. The summed E-state index contributed by atoms with van der Waals surface area (Å²) < 4.78 is 25.5. The van der Waals surface area contributed by atoms with Crippen molar-refractivity contribution in [2.75, 3.05) is 11.9 Å². The fourth-order valence-corrected chi connectivity index (χ4v) is 3.83. The number of nitriles is 1. The first-order chi connectivity index (χ1) is 11.5. The van der Waals surface area contributed by atoms with E-state index in [0.29, 0.717) is 18.5 Å². The van der Waals surface area contributed by atoms with Crippen LogP contribution in [0.25, 0.3) is 0 Å². The molecule has 0 aromatic heterocycles. The Hall–Kier alpha value is -2.40. The zero-order valence-electron chi connectivity index (χ0n) is 13.0. The van der Waals surface area contributed by atoms with Crippen LogP contribution in [-0.2, 0) is 23.2 Å². The number of rotatable bonds is 3. The van der Waals surface area contributed by atoms with Crippen molar-refractivity contribution >= 4 is 15.9 Å². The Morgan fingerprint density at radius 1 is 1.25 bits per heavy atom. The second kappa shape index (κ2) is 6.61. The SMILES string of the molecule is N#Cc1ccc2c(c1)CN(S(N)(=O)=O)[C@H](Cc1ccccc1)CN2. The summed E-state index contributed by atoms with van der Waals surface area (Å²) in [4.78, 5) is 0. The molecule has 7 heteroatoms. The van der Waals surface area contributed by atoms with E-state index in [4.69, 9.17) is 10.4 Å². The summed E-state index contributed by atoms with van der Waals surface area (Å²) in [5, 5.41) is 17.8. The first kappa shape index (κ1) is 16.5. The summed E-state index contributed by atoms with van der Waals surface area (Å²) in [6, 6.07) is 16.7. The lowest BCUT2D eigenvalue weighted by Gasteiger charge is -2.27. The average molecular weight is 342 g/mol. The lowest BCUT2D eigenvalue weighted by atomic mass is 10.1. The number of fused-ring (bicyclic) bond motifs is 1. The molecule has 3 rings (SSSR count). The predicted octanol–water partition coefficient (Wildman–Crippen LogP) is 1.60. The molecule has 0 bridgehead atoms. The topological polar surface area (TPSA) is 99.2 Å². The van der Waals surface area contributed by atoms with Crippen molar-refractivity contribution in [3.8, 4) is 6.07 Å². The summed E-state index contributed by atoms with van der Waals surface area (Å²) in [5.41, 5.74) is 3.12. The molecular weight excluding hydrogens is 324 g/mol. The van der Waals surface area contributed by atoms with Crippen LogP contribution in [0, 0.1) is 11.3 Å². The highest BCUT2D eigenvalue weighted by molar-refractivity contribution is 7.86. The van der Waals surface area contributed by atoms with Crippen LogP contribution in [0.2, 0.25) is 0 Å². The Morgan fingerprint density at radius 3 is 2.67 bits per heavy atom. The number of nitrogens with zero attached hydrogens (tertiary/aromatic N) is 2. The molecule has 0 spiro atoms. The molecule has 6 nitrogen and oxygen atoms in total. The largest absolute Gasteiger partial charge is 0.383 e. The number of hydrogen-bond acceptors (Lipinski definition) is 4. The molecule has 24 heavy (non-hydrogen) atoms. The van der Waals surface area contributed by atoms with Crippen LogP contribution in [0.5, 0.6) is 0 Å². The monoisotopic (exact) mass is 342 g/mol. The van der Waals surface area contributed by atoms with E-state index in [1.54, 1.807) is 18.2 Å². The minimum absolute atomic E-state index is 0.147. The predicted molar refractivity (Wildman–Crippen MR) is 92.2 cm³/mol. The lowest BCUT2D eigenvalue weighted by Crippen LogP contribution is -2.46. The molecule has 0 saturated carbocycles. The number of hydrogen-bond donors (Lipinski definition) is 2. The van der Waals surface area contributed by atoms with Crippen LogP contribution in [0.3, 0.4) is 0 Å². The highest BCUT2D eigenvalue weighted by atomic mass is 32.2. The molecule has 0 unspecified atom stereocenters. The maximum atomic E-state index is 12.1. The Kier molecular flexibility index (Phi) is 4.53. The molecule has 2 aromatic carbocycles. The van der Waals surface area contributed by atoms with Gasteiger partial charge >= 0.3 is 0 Å². The van der Waals surface area contributed by atoms with Gasteiger partial charge < -0.3 is 5.32 Å². The zero-order valence-corrected chi connectivity index (χ0v) is 13.8. The Morgan fingerprint density at radius 2 is 2.00 bits per heavy atom. The lowest BCUT2D eigenvalue weighted by molar-refractivity contribution is 0.326. The highest BCUT2D eigenvalue weighted by Crippen LogP contribution is 2.26. The van der Waals surface area contributed by atoms with E-state index in [2.05, 4.69) is 11.4 Å². The van der Waals surface area contributed by atoms with Crippen LogP contribution in [0.1, 0.15) is 16.7 Å². The standard InChI is InChI=1S/C17H18N4O2S/c18-10-14-6-7-17-15(8-14)12-21(24(19,22)23)16(11-20-17)9-13-4-2-1-3-5-13/h1-8,16,20H,9,11-12H2,(H2,19,22,23)/t16-/m1/s1. The van der Waals surface area contributed by atoms with Crippen molar-refractivity contribution in [3.63, 3.8) is 0 Å². The van der Waals surface area contributed by atoms with E-state index in [1.807, 2.05) is 30.3 Å². The first-order valence-electron chi connectivity index (χ1n) is 7.58. The zero-order chi connectivity index (χ0) is 17.2. The Bertz CT molecular complexity index is 875. The van der Waals surface area contributed by atoms with Gasteiger partial charge in [0.05, 0.1) is 11.6 Å². The maximum Gasteiger partial charge on any atom is 0.277 e. The normalized spacial score (nSPS) is 18.1. The van der Waals surface area contributed by atoms with Gasteiger partial charge in [0.1, 0.15) is 0 Å². The molecule has 1 heterocycles. The van der Waals surface area contributed by atoms with Crippen LogP contribution in [0.4, 0.5) is 5.69 Å². The molecule has 124 valence electrons. The average Bonchev–Trinajstić information content (AvgIpc) is 2.75. The molecule has 1 atom stereocenters. The summed E-state index contributed by atoms with van der Waals surface area (Å²) in [5.74, 6) is 0. The van der Waals surface area contributed by atoms with Crippen LogP contribution >= 0.6 is 0 Å². The molecule has 0 fully saturated rings. The van der Waals surface area contributed by atoms with Crippen LogP contribution in [0.15, 0.2) is 48.5 Å². The molecule has 3 N–H and O–H groups in total.